The number of carbonyl (C=O) groups excluding carboxylic acids is 1. The number of aliphatic hydroxyl groups excluding tert-OH is 1. The number of hydrogen-bond acceptors (Lipinski definition) is 3. The fourth-order valence-corrected chi connectivity index (χ4v) is 1.76. The molecular formula is C9H16O3. The van der Waals surface area contributed by atoms with Crippen molar-refractivity contribution >= 4 is 5.97 Å². The van der Waals surface area contributed by atoms with Crippen molar-refractivity contribution in [3.63, 3.8) is 0 Å². The average molecular weight is 172 g/mol. The normalized spacial score (nSPS) is 20.8. The number of aliphatic hydroxyl groups is 1. The second-order valence-electron chi connectivity index (χ2n) is 3.37. The molecule has 0 aromatic heterocycles. The van der Waals surface area contributed by atoms with Crippen LogP contribution in [0.1, 0.15) is 32.6 Å². The van der Waals surface area contributed by atoms with Crippen molar-refractivity contribution in [1.82, 2.24) is 0 Å². The molecule has 1 rings (SSSR count). The molecule has 0 atom stereocenters. The Bertz CT molecular complexity index is 159. The monoisotopic (exact) mass is 172 g/mol. The maximum Gasteiger partial charge on any atom is 0.314 e. The second kappa shape index (κ2) is 3.90. The molecule has 0 radical (unpaired) electrons. The van der Waals surface area contributed by atoms with Crippen LogP contribution in [0.5, 0.6) is 0 Å². The van der Waals surface area contributed by atoms with E-state index >= 15 is 0 Å². The number of rotatable bonds is 3. The summed E-state index contributed by atoms with van der Waals surface area (Å²) in [4.78, 5) is 11.4. The SMILES string of the molecule is CCOC(=O)C1(CO)CCCC1. The van der Waals surface area contributed by atoms with Gasteiger partial charge < -0.3 is 9.84 Å². The van der Waals surface area contributed by atoms with E-state index in [-0.39, 0.29) is 12.6 Å². The van der Waals surface area contributed by atoms with Crippen molar-refractivity contribution in [3.05, 3.63) is 0 Å². The molecule has 0 aromatic rings. The topological polar surface area (TPSA) is 46.5 Å². The lowest BCUT2D eigenvalue weighted by atomic mass is 9.87. The van der Waals surface area contributed by atoms with E-state index < -0.39 is 5.41 Å². The first-order valence-corrected chi connectivity index (χ1v) is 4.53. The first-order chi connectivity index (χ1) is 5.75. The van der Waals surface area contributed by atoms with Crippen LogP contribution in [-0.4, -0.2) is 24.3 Å². The molecule has 3 nitrogen and oxygen atoms in total. The van der Waals surface area contributed by atoms with E-state index in [0.717, 1.165) is 25.7 Å². The van der Waals surface area contributed by atoms with E-state index in [2.05, 4.69) is 0 Å². The van der Waals surface area contributed by atoms with Crippen molar-refractivity contribution in [2.24, 2.45) is 5.41 Å². The molecule has 1 N–H and O–H groups in total. The Labute approximate surface area is 72.7 Å². The minimum Gasteiger partial charge on any atom is -0.465 e. The molecule has 70 valence electrons. The van der Waals surface area contributed by atoms with E-state index in [9.17, 15) is 4.79 Å². The van der Waals surface area contributed by atoms with Crippen LogP contribution < -0.4 is 0 Å². The Morgan fingerprint density at radius 1 is 1.50 bits per heavy atom. The third kappa shape index (κ3) is 1.61. The highest BCUT2D eigenvalue weighted by atomic mass is 16.5. The van der Waals surface area contributed by atoms with Crippen LogP contribution in [0.2, 0.25) is 0 Å². The largest absolute Gasteiger partial charge is 0.465 e. The van der Waals surface area contributed by atoms with Crippen molar-refractivity contribution in [1.29, 1.82) is 0 Å². The molecule has 1 aliphatic rings. The summed E-state index contributed by atoms with van der Waals surface area (Å²) in [6.45, 7) is 2.13. The van der Waals surface area contributed by atoms with Crippen molar-refractivity contribution in [3.8, 4) is 0 Å². The van der Waals surface area contributed by atoms with Crippen LogP contribution in [0.4, 0.5) is 0 Å². The van der Waals surface area contributed by atoms with Crippen LogP contribution >= 0.6 is 0 Å². The molecule has 3 heteroatoms. The van der Waals surface area contributed by atoms with Crippen molar-refractivity contribution in [2.75, 3.05) is 13.2 Å². The summed E-state index contributed by atoms with van der Waals surface area (Å²) in [5, 5.41) is 9.11. The lowest BCUT2D eigenvalue weighted by Gasteiger charge is -2.23. The highest BCUT2D eigenvalue weighted by molar-refractivity contribution is 5.77. The minimum atomic E-state index is -0.560. The zero-order valence-electron chi connectivity index (χ0n) is 7.51. The summed E-state index contributed by atoms with van der Waals surface area (Å²) in [7, 11) is 0. The molecule has 1 saturated carbocycles. The number of hydrogen-bond donors (Lipinski definition) is 1. The number of carbonyl (C=O) groups is 1. The first-order valence-electron chi connectivity index (χ1n) is 4.53. The average Bonchev–Trinajstić information content (AvgIpc) is 2.54. The van der Waals surface area contributed by atoms with Gasteiger partial charge in [0.2, 0.25) is 0 Å². The van der Waals surface area contributed by atoms with Crippen molar-refractivity contribution < 1.29 is 14.6 Å². The molecule has 0 aromatic carbocycles. The predicted molar refractivity (Wildman–Crippen MR) is 44.6 cm³/mol. The summed E-state index contributed by atoms with van der Waals surface area (Å²) in [6, 6.07) is 0. The quantitative estimate of drug-likeness (QED) is 0.648. The second-order valence-corrected chi connectivity index (χ2v) is 3.37. The smallest absolute Gasteiger partial charge is 0.314 e. The van der Waals surface area contributed by atoms with E-state index in [1.54, 1.807) is 6.92 Å². The van der Waals surface area contributed by atoms with Crippen LogP contribution in [-0.2, 0) is 9.53 Å². The van der Waals surface area contributed by atoms with Gasteiger partial charge in [0.1, 0.15) is 0 Å². The minimum absolute atomic E-state index is 0.0637. The Morgan fingerprint density at radius 2 is 2.08 bits per heavy atom. The molecular weight excluding hydrogens is 156 g/mol. The van der Waals surface area contributed by atoms with Gasteiger partial charge >= 0.3 is 5.97 Å². The summed E-state index contributed by atoms with van der Waals surface area (Å²) in [5.74, 6) is -0.218. The molecule has 12 heavy (non-hydrogen) atoms. The molecule has 0 heterocycles. The lowest BCUT2D eigenvalue weighted by Crippen LogP contribution is -2.33. The van der Waals surface area contributed by atoms with Gasteiger partial charge in [-0.2, -0.15) is 0 Å². The molecule has 1 aliphatic carbocycles. The zero-order valence-corrected chi connectivity index (χ0v) is 7.51. The van der Waals surface area contributed by atoms with Gasteiger partial charge in [-0.15, -0.1) is 0 Å². The van der Waals surface area contributed by atoms with Crippen LogP contribution in [0.15, 0.2) is 0 Å². The van der Waals surface area contributed by atoms with Gasteiger partial charge in [0, 0.05) is 0 Å². The van der Waals surface area contributed by atoms with Crippen LogP contribution in [0.25, 0.3) is 0 Å². The molecule has 0 amide bonds. The van der Waals surface area contributed by atoms with Gasteiger partial charge in [0.05, 0.1) is 18.6 Å². The van der Waals surface area contributed by atoms with Crippen LogP contribution in [0.3, 0.4) is 0 Å². The predicted octanol–water partition coefficient (Wildman–Crippen LogP) is 1.10. The summed E-state index contributed by atoms with van der Waals surface area (Å²) < 4.78 is 4.92. The molecule has 0 saturated heterocycles. The van der Waals surface area contributed by atoms with Gasteiger partial charge in [-0.1, -0.05) is 12.8 Å². The molecule has 0 spiro atoms. The standard InChI is InChI=1S/C9H16O3/c1-2-12-8(11)9(7-10)5-3-4-6-9/h10H,2-7H2,1H3. The van der Waals surface area contributed by atoms with Gasteiger partial charge in [-0.05, 0) is 19.8 Å². The highest BCUT2D eigenvalue weighted by Gasteiger charge is 2.41. The van der Waals surface area contributed by atoms with Gasteiger partial charge in [0.25, 0.3) is 0 Å². The first kappa shape index (κ1) is 9.52. The summed E-state index contributed by atoms with van der Waals surface area (Å²) >= 11 is 0. The number of ether oxygens (including phenoxy) is 1. The molecule has 0 unspecified atom stereocenters. The maximum absolute atomic E-state index is 11.4. The Morgan fingerprint density at radius 3 is 2.50 bits per heavy atom. The third-order valence-electron chi connectivity index (χ3n) is 2.57. The highest BCUT2D eigenvalue weighted by Crippen LogP contribution is 2.38. The fourth-order valence-electron chi connectivity index (χ4n) is 1.76. The Kier molecular flexibility index (Phi) is 3.09. The van der Waals surface area contributed by atoms with Gasteiger partial charge in [-0.3, -0.25) is 4.79 Å². The van der Waals surface area contributed by atoms with E-state index in [4.69, 9.17) is 9.84 Å². The van der Waals surface area contributed by atoms with Crippen LogP contribution in [0, 0.1) is 5.41 Å². The Balaban J connectivity index is 2.59. The van der Waals surface area contributed by atoms with Crippen molar-refractivity contribution in [2.45, 2.75) is 32.6 Å². The van der Waals surface area contributed by atoms with Gasteiger partial charge in [-0.25, -0.2) is 0 Å². The zero-order chi connectivity index (χ0) is 9.03. The molecule has 1 fully saturated rings. The molecule has 0 bridgehead atoms. The number of esters is 1. The fraction of sp³-hybridized carbons (Fsp3) is 0.889. The summed E-state index contributed by atoms with van der Waals surface area (Å²) in [5.41, 5.74) is -0.560. The van der Waals surface area contributed by atoms with E-state index in [0.29, 0.717) is 6.61 Å². The molecule has 0 aliphatic heterocycles. The Hall–Kier alpha value is -0.570. The van der Waals surface area contributed by atoms with E-state index in [1.807, 2.05) is 0 Å². The van der Waals surface area contributed by atoms with Gasteiger partial charge in [0.15, 0.2) is 0 Å². The third-order valence-corrected chi connectivity index (χ3v) is 2.57. The lowest BCUT2D eigenvalue weighted by molar-refractivity contribution is -0.157. The van der Waals surface area contributed by atoms with E-state index in [1.165, 1.54) is 0 Å². The maximum atomic E-state index is 11.4. The summed E-state index contributed by atoms with van der Waals surface area (Å²) in [6.07, 6.45) is 3.61.